The van der Waals surface area contributed by atoms with Gasteiger partial charge in [-0.1, -0.05) is 36.4 Å². The van der Waals surface area contributed by atoms with E-state index in [1.165, 1.54) is 11.1 Å². The van der Waals surface area contributed by atoms with Crippen molar-refractivity contribution in [2.45, 2.75) is 38.3 Å². The van der Waals surface area contributed by atoms with Crippen molar-refractivity contribution >= 4 is 6.03 Å². The Balaban J connectivity index is 1.58. The van der Waals surface area contributed by atoms with Gasteiger partial charge in [0.05, 0.1) is 6.04 Å². The number of urea groups is 1. The van der Waals surface area contributed by atoms with E-state index in [0.29, 0.717) is 6.54 Å². The first-order valence-corrected chi connectivity index (χ1v) is 10.1. The van der Waals surface area contributed by atoms with E-state index in [1.807, 2.05) is 17.0 Å². The van der Waals surface area contributed by atoms with Crippen molar-refractivity contribution in [3.63, 3.8) is 0 Å². The lowest BCUT2D eigenvalue weighted by Crippen LogP contribution is -2.45. The van der Waals surface area contributed by atoms with Crippen LogP contribution in [0.2, 0.25) is 0 Å². The number of carbonyl (C=O) groups excluding carboxylic acids is 1. The minimum atomic E-state index is 0.0147. The molecule has 5 heteroatoms. The molecule has 28 heavy (non-hydrogen) atoms. The fourth-order valence-electron chi connectivity index (χ4n) is 3.81. The van der Waals surface area contributed by atoms with Gasteiger partial charge in [0, 0.05) is 19.6 Å². The molecule has 1 atom stereocenters. The molecule has 0 unspecified atom stereocenters. The summed E-state index contributed by atoms with van der Waals surface area (Å²) in [6.07, 6.45) is 3.98. The van der Waals surface area contributed by atoms with Gasteiger partial charge in [-0.3, -0.25) is 0 Å². The van der Waals surface area contributed by atoms with E-state index < -0.39 is 0 Å². The number of hydrogen-bond donors (Lipinski definition) is 2. The maximum atomic E-state index is 12.8. The first-order valence-electron chi connectivity index (χ1n) is 10.1. The molecular weight excluding hydrogens is 350 g/mol. The number of hydrogen-bond acceptors (Lipinski definition) is 3. The number of amides is 2. The third-order valence-electron chi connectivity index (χ3n) is 5.25. The van der Waals surface area contributed by atoms with Crippen molar-refractivity contribution in [1.82, 2.24) is 15.1 Å². The highest BCUT2D eigenvalue weighted by Crippen LogP contribution is 2.31. The summed E-state index contributed by atoms with van der Waals surface area (Å²) in [5, 5.41) is 12.4. The molecule has 0 aromatic heterocycles. The predicted octanol–water partition coefficient (Wildman–Crippen LogP) is 3.93. The van der Waals surface area contributed by atoms with E-state index in [1.54, 1.807) is 12.1 Å². The Morgan fingerprint density at radius 2 is 1.75 bits per heavy atom. The Labute approximate surface area is 168 Å². The topological polar surface area (TPSA) is 55.8 Å². The molecule has 1 saturated heterocycles. The van der Waals surface area contributed by atoms with Crippen molar-refractivity contribution in [3.05, 3.63) is 65.2 Å². The number of nitrogens with one attached hydrogen (secondary N) is 1. The van der Waals surface area contributed by atoms with E-state index in [9.17, 15) is 9.90 Å². The number of phenolic OH excluding ortho intramolecular Hbond substituents is 1. The standard InChI is InChI=1S/C23H31N3O2/c1-25(2)17-19-6-10-20(11-7-19)22-5-3-4-16-26(22)23(28)24-15-14-18-8-12-21(27)13-9-18/h6-13,22,27H,3-5,14-17H2,1-2H3,(H,24,28)/t22-/m1/s1. The first-order chi connectivity index (χ1) is 13.5. The molecule has 1 aliphatic rings. The lowest BCUT2D eigenvalue weighted by molar-refractivity contribution is 0.151. The molecule has 0 aliphatic carbocycles. The third-order valence-corrected chi connectivity index (χ3v) is 5.25. The lowest BCUT2D eigenvalue weighted by Gasteiger charge is -2.36. The maximum absolute atomic E-state index is 12.8. The average Bonchev–Trinajstić information content (AvgIpc) is 2.69. The Kier molecular flexibility index (Phi) is 6.93. The van der Waals surface area contributed by atoms with Crippen LogP contribution in [0.3, 0.4) is 0 Å². The summed E-state index contributed by atoms with van der Waals surface area (Å²) in [4.78, 5) is 17.0. The number of benzene rings is 2. The quantitative estimate of drug-likeness (QED) is 0.797. The minimum absolute atomic E-state index is 0.0147. The van der Waals surface area contributed by atoms with Gasteiger partial charge in [-0.15, -0.1) is 0 Å². The van der Waals surface area contributed by atoms with Gasteiger partial charge in [-0.2, -0.15) is 0 Å². The van der Waals surface area contributed by atoms with Crippen molar-refractivity contribution in [1.29, 1.82) is 0 Å². The van der Waals surface area contributed by atoms with E-state index >= 15 is 0 Å². The summed E-state index contributed by atoms with van der Waals surface area (Å²) in [5.74, 6) is 0.264. The van der Waals surface area contributed by atoms with Crippen LogP contribution in [0.25, 0.3) is 0 Å². The molecule has 5 nitrogen and oxygen atoms in total. The van der Waals surface area contributed by atoms with Crippen LogP contribution in [0.15, 0.2) is 48.5 Å². The molecular formula is C23H31N3O2. The molecule has 2 amide bonds. The summed E-state index contributed by atoms with van der Waals surface area (Å²) >= 11 is 0. The predicted molar refractivity (Wildman–Crippen MR) is 112 cm³/mol. The van der Waals surface area contributed by atoms with E-state index in [4.69, 9.17) is 0 Å². The molecule has 1 fully saturated rings. The average molecular weight is 382 g/mol. The first kappa shape index (κ1) is 20.2. The summed E-state index contributed by atoms with van der Waals surface area (Å²) in [6, 6.07) is 16.0. The number of likely N-dealkylation sites (tertiary alicyclic amines) is 1. The minimum Gasteiger partial charge on any atom is -0.508 e. The van der Waals surface area contributed by atoms with Gasteiger partial charge in [0.1, 0.15) is 5.75 Å². The van der Waals surface area contributed by atoms with Gasteiger partial charge >= 0.3 is 6.03 Å². The number of carbonyl (C=O) groups is 1. The van der Waals surface area contributed by atoms with Gasteiger partial charge < -0.3 is 20.2 Å². The normalized spacial score (nSPS) is 17.0. The van der Waals surface area contributed by atoms with Crippen LogP contribution in [0, 0.1) is 0 Å². The molecule has 0 radical (unpaired) electrons. The Bertz CT molecular complexity index is 756. The fourth-order valence-corrected chi connectivity index (χ4v) is 3.81. The van der Waals surface area contributed by atoms with Gasteiger partial charge in [0.15, 0.2) is 0 Å². The Morgan fingerprint density at radius 1 is 1.07 bits per heavy atom. The van der Waals surface area contributed by atoms with E-state index in [2.05, 4.69) is 48.6 Å². The van der Waals surface area contributed by atoms with Crippen LogP contribution in [0.4, 0.5) is 4.79 Å². The van der Waals surface area contributed by atoms with Gasteiger partial charge in [0.2, 0.25) is 0 Å². The van der Waals surface area contributed by atoms with Crippen LogP contribution in [-0.4, -0.2) is 48.1 Å². The lowest BCUT2D eigenvalue weighted by atomic mass is 9.95. The molecule has 0 spiro atoms. The zero-order valence-corrected chi connectivity index (χ0v) is 16.9. The fraction of sp³-hybridized carbons (Fsp3) is 0.435. The monoisotopic (exact) mass is 381 g/mol. The highest BCUT2D eigenvalue weighted by molar-refractivity contribution is 5.75. The molecule has 0 bridgehead atoms. The maximum Gasteiger partial charge on any atom is 0.317 e. The zero-order valence-electron chi connectivity index (χ0n) is 16.9. The number of aromatic hydroxyl groups is 1. The van der Waals surface area contributed by atoms with Crippen LogP contribution in [0.1, 0.15) is 42.0 Å². The highest BCUT2D eigenvalue weighted by Gasteiger charge is 2.27. The summed E-state index contributed by atoms with van der Waals surface area (Å²) in [6.45, 7) is 2.32. The van der Waals surface area contributed by atoms with Gasteiger partial charge in [0.25, 0.3) is 0 Å². The Hall–Kier alpha value is -2.53. The SMILES string of the molecule is CN(C)Cc1ccc([C@H]2CCCCN2C(=O)NCCc2ccc(O)cc2)cc1. The molecule has 0 saturated carbocycles. The molecule has 150 valence electrons. The second kappa shape index (κ2) is 9.60. The van der Waals surface area contributed by atoms with Crippen molar-refractivity contribution in [3.8, 4) is 5.75 Å². The molecule has 2 N–H and O–H groups in total. The second-order valence-corrected chi connectivity index (χ2v) is 7.83. The van der Waals surface area contributed by atoms with Gasteiger partial charge in [-0.25, -0.2) is 4.79 Å². The van der Waals surface area contributed by atoms with Crippen LogP contribution < -0.4 is 5.32 Å². The smallest absolute Gasteiger partial charge is 0.317 e. The van der Waals surface area contributed by atoms with Crippen molar-refractivity contribution in [2.75, 3.05) is 27.2 Å². The van der Waals surface area contributed by atoms with Crippen LogP contribution in [0.5, 0.6) is 5.75 Å². The molecule has 2 aromatic rings. The second-order valence-electron chi connectivity index (χ2n) is 7.83. The number of rotatable bonds is 6. The summed E-state index contributed by atoms with van der Waals surface area (Å²) < 4.78 is 0. The number of piperidine rings is 1. The third kappa shape index (κ3) is 5.49. The number of nitrogens with zero attached hydrogens (tertiary/aromatic N) is 2. The highest BCUT2D eigenvalue weighted by atomic mass is 16.3. The molecule has 1 heterocycles. The van der Waals surface area contributed by atoms with E-state index in [-0.39, 0.29) is 17.8 Å². The van der Waals surface area contributed by atoms with Crippen molar-refractivity contribution in [2.24, 2.45) is 0 Å². The zero-order chi connectivity index (χ0) is 19.9. The van der Waals surface area contributed by atoms with Crippen LogP contribution in [-0.2, 0) is 13.0 Å². The molecule has 1 aliphatic heterocycles. The van der Waals surface area contributed by atoms with Gasteiger partial charge in [-0.05, 0) is 68.6 Å². The summed E-state index contributed by atoms with van der Waals surface area (Å²) in [7, 11) is 4.14. The van der Waals surface area contributed by atoms with Crippen LogP contribution >= 0.6 is 0 Å². The van der Waals surface area contributed by atoms with Crippen molar-refractivity contribution < 1.29 is 9.90 Å². The largest absolute Gasteiger partial charge is 0.508 e. The number of phenols is 1. The summed E-state index contributed by atoms with van der Waals surface area (Å²) in [5.41, 5.74) is 3.61. The Morgan fingerprint density at radius 3 is 2.43 bits per heavy atom. The molecule has 2 aromatic carbocycles. The van der Waals surface area contributed by atoms with E-state index in [0.717, 1.165) is 44.3 Å². The molecule has 3 rings (SSSR count).